The van der Waals surface area contributed by atoms with E-state index in [1.807, 2.05) is 24.4 Å². The van der Waals surface area contributed by atoms with Crippen molar-refractivity contribution in [2.75, 3.05) is 0 Å². The van der Waals surface area contributed by atoms with Gasteiger partial charge in [0.05, 0.1) is 17.9 Å². The zero-order valence-corrected chi connectivity index (χ0v) is 11.3. The Labute approximate surface area is 119 Å². The van der Waals surface area contributed by atoms with Crippen molar-refractivity contribution >= 4 is 5.57 Å². The minimum atomic E-state index is 0.346. The maximum atomic E-state index is 5.86. The highest BCUT2D eigenvalue weighted by Crippen LogP contribution is 2.36. The van der Waals surface area contributed by atoms with Crippen molar-refractivity contribution in [3.8, 4) is 11.3 Å². The molecule has 0 spiro atoms. The Morgan fingerprint density at radius 1 is 0.950 bits per heavy atom. The molecule has 2 atom stereocenters. The summed E-state index contributed by atoms with van der Waals surface area (Å²) >= 11 is 0. The van der Waals surface area contributed by atoms with E-state index in [1.165, 1.54) is 29.5 Å². The van der Waals surface area contributed by atoms with E-state index in [-0.39, 0.29) is 0 Å². The molecule has 1 aromatic heterocycles. The summed E-state index contributed by atoms with van der Waals surface area (Å²) in [6, 6.07) is 14.8. The fourth-order valence-electron chi connectivity index (χ4n) is 3.15. The molecule has 0 aliphatic carbocycles. The summed E-state index contributed by atoms with van der Waals surface area (Å²) < 4.78 is 5.86. The number of benzene rings is 1. The Morgan fingerprint density at radius 2 is 1.80 bits per heavy atom. The molecule has 20 heavy (non-hydrogen) atoms. The summed E-state index contributed by atoms with van der Waals surface area (Å²) in [5.74, 6) is 0. The van der Waals surface area contributed by atoms with Crippen LogP contribution in [-0.2, 0) is 4.74 Å². The first-order chi connectivity index (χ1) is 9.88. The molecule has 0 radical (unpaired) electrons. The zero-order chi connectivity index (χ0) is 13.4. The molecule has 2 unspecified atom stereocenters. The minimum absolute atomic E-state index is 0.346. The van der Waals surface area contributed by atoms with Gasteiger partial charge in [0, 0.05) is 11.8 Å². The Hall–Kier alpha value is -1.93. The largest absolute Gasteiger partial charge is 0.371 e. The van der Waals surface area contributed by atoms with Gasteiger partial charge in [-0.25, -0.2) is 0 Å². The Balaban J connectivity index is 1.62. The van der Waals surface area contributed by atoms with Crippen LogP contribution in [0.2, 0.25) is 0 Å². The first-order valence-corrected chi connectivity index (χ1v) is 7.26. The summed E-state index contributed by atoms with van der Waals surface area (Å²) in [4.78, 5) is 4.39. The van der Waals surface area contributed by atoms with Gasteiger partial charge in [-0.15, -0.1) is 0 Å². The summed E-state index contributed by atoms with van der Waals surface area (Å²) in [5, 5.41) is 0. The van der Waals surface area contributed by atoms with Gasteiger partial charge in [0.15, 0.2) is 0 Å². The SMILES string of the molecule is C1=C(c2ccc(-c3ccccn3)cc2)CC2CCC1O2. The second-order valence-electron chi connectivity index (χ2n) is 5.56. The standard InChI is InChI=1S/C18H17NO/c1-2-10-19-18(3-1)14-6-4-13(5-7-14)15-11-16-8-9-17(12-15)20-16/h1-7,10-11,16-17H,8-9,12H2. The van der Waals surface area contributed by atoms with E-state index in [0.717, 1.165) is 12.1 Å². The summed E-state index contributed by atoms with van der Waals surface area (Å²) in [6.07, 6.45) is 8.37. The van der Waals surface area contributed by atoms with Crippen molar-refractivity contribution in [3.63, 3.8) is 0 Å². The van der Waals surface area contributed by atoms with E-state index in [4.69, 9.17) is 4.74 Å². The zero-order valence-electron chi connectivity index (χ0n) is 11.3. The maximum absolute atomic E-state index is 5.86. The lowest BCUT2D eigenvalue weighted by atomic mass is 9.97. The lowest BCUT2D eigenvalue weighted by molar-refractivity contribution is 0.0671. The molecule has 1 aromatic carbocycles. The molecular formula is C18H17NO. The van der Waals surface area contributed by atoms with Crippen LogP contribution in [0.4, 0.5) is 0 Å². The van der Waals surface area contributed by atoms with Crippen LogP contribution < -0.4 is 0 Å². The molecule has 1 fully saturated rings. The maximum Gasteiger partial charge on any atom is 0.0766 e. The average molecular weight is 263 g/mol. The number of hydrogen-bond acceptors (Lipinski definition) is 2. The molecule has 2 aliphatic rings. The molecule has 2 aliphatic heterocycles. The van der Waals surface area contributed by atoms with Gasteiger partial charge >= 0.3 is 0 Å². The highest BCUT2D eigenvalue weighted by Gasteiger charge is 2.29. The molecule has 2 aromatic rings. The van der Waals surface area contributed by atoms with Gasteiger partial charge in [-0.05, 0) is 42.5 Å². The van der Waals surface area contributed by atoms with E-state index in [1.54, 1.807) is 0 Å². The van der Waals surface area contributed by atoms with Crippen LogP contribution in [0, 0.1) is 0 Å². The lowest BCUT2D eigenvalue weighted by Crippen LogP contribution is -2.15. The van der Waals surface area contributed by atoms with Gasteiger partial charge in [0.2, 0.25) is 0 Å². The van der Waals surface area contributed by atoms with Crippen LogP contribution in [0.1, 0.15) is 24.8 Å². The number of fused-ring (bicyclic) bond motifs is 2. The topological polar surface area (TPSA) is 22.1 Å². The third kappa shape index (κ3) is 2.16. The predicted molar refractivity (Wildman–Crippen MR) is 80.2 cm³/mol. The lowest BCUT2D eigenvalue weighted by Gasteiger charge is -2.20. The number of nitrogens with zero attached hydrogens (tertiary/aromatic N) is 1. The molecule has 2 bridgehead atoms. The van der Waals surface area contributed by atoms with Crippen molar-refractivity contribution in [2.45, 2.75) is 31.5 Å². The molecule has 1 saturated heterocycles. The van der Waals surface area contributed by atoms with Crippen LogP contribution in [0.3, 0.4) is 0 Å². The fourth-order valence-corrected chi connectivity index (χ4v) is 3.15. The first kappa shape index (κ1) is 11.9. The summed E-state index contributed by atoms with van der Waals surface area (Å²) in [5.41, 5.74) is 4.96. The van der Waals surface area contributed by atoms with E-state index in [9.17, 15) is 0 Å². The number of pyridine rings is 1. The first-order valence-electron chi connectivity index (χ1n) is 7.26. The molecule has 2 heteroatoms. The van der Waals surface area contributed by atoms with Gasteiger partial charge in [0.25, 0.3) is 0 Å². The third-order valence-corrected chi connectivity index (χ3v) is 4.19. The predicted octanol–water partition coefficient (Wildman–Crippen LogP) is 4.08. The average Bonchev–Trinajstić information content (AvgIpc) is 2.87. The van der Waals surface area contributed by atoms with Gasteiger partial charge < -0.3 is 4.74 Å². The van der Waals surface area contributed by atoms with Gasteiger partial charge in [0.1, 0.15) is 0 Å². The quantitative estimate of drug-likeness (QED) is 0.814. The highest BCUT2D eigenvalue weighted by atomic mass is 16.5. The second-order valence-corrected chi connectivity index (χ2v) is 5.56. The Bertz CT molecular complexity index is 630. The minimum Gasteiger partial charge on any atom is -0.371 e. The smallest absolute Gasteiger partial charge is 0.0766 e. The molecule has 0 N–H and O–H groups in total. The molecular weight excluding hydrogens is 246 g/mol. The van der Waals surface area contributed by atoms with E-state index < -0.39 is 0 Å². The van der Waals surface area contributed by atoms with E-state index in [0.29, 0.717) is 12.2 Å². The third-order valence-electron chi connectivity index (χ3n) is 4.19. The van der Waals surface area contributed by atoms with Crippen LogP contribution >= 0.6 is 0 Å². The molecule has 3 heterocycles. The number of aromatic nitrogens is 1. The van der Waals surface area contributed by atoms with E-state index >= 15 is 0 Å². The van der Waals surface area contributed by atoms with Crippen LogP contribution in [0.15, 0.2) is 54.7 Å². The number of ether oxygens (including phenoxy) is 1. The fraction of sp³-hybridized carbons (Fsp3) is 0.278. The number of rotatable bonds is 2. The summed E-state index contributed by atoms with van der Waals surface area (Å²) in [6.45, 7) is 0. The van der Waals surface area contributed by atoms with Crippen molar-refractivity contribution in [1.82, 2.24) is 4.98 Å². The molecule has 2 nitrogen and oxygen atoms in total. The van der Waals surface area contributed by atoms with Crippen LogP contribution in [0.5, 0.6) is 0 Å². The molecule has 0 amide bonds. The van der Waals surface area contributed by atoms with Crippen molar-refractivity contribution in [2.24, 2.45) is 0 Å². The molecule has 0 saturated carbocycles. The molecule has 4 rings (SSSR count). The van der Waals surface area contributed by atoms with Crippen molar-refractivity contribution in [3.05, 3.63) is 60.3 Å². The molecule has 100 valence electrons. The normalized spacial score (nSPS) is 24.5. The van der Waals surface area contributed by atoms with Crippen molar-refractivity contribution < 1.29 is 4.74 Å². The summed E-state index contributed by atoms with van der Waals surface area (Å²) in [7, 11) is 0. The van der Waals surface area contributed by atoms with Gasteiger partial charge in [-0.1, -0.05) is 36.4 Å². The van der Waals surface area contributed by atoms with E-state index in [2.05, 4.69) is 35.3 Å². The van der Waals surface area contributed by atoms with Gasteiger partial charge in [-0.3, -0.25) is 4.98 Å². The van der Waals surface area contributed by atoms with Gasteiger partial charge in [-0.2, -0.15) is 0 Å². The Kier molecular flexibility index (Phi) is 2.89. The van der Waals surface area contributed by atoms with Crippen LogP contribution in [-0.4, -0.2) is 17.2 Å². The Morgan fingerprint density at radius 3 is 2.55 bits per heavy atom. The van der Waals surface area contributed by atoms with Crippen LogP contribution in [0.25, 0.3) is 16.8 Å². The second kappa shape index (κ2) is 4.88. The monoisotopic (exact) mass is 263 g/mol. The number of hydrogen-bond donors (Lipinski definition) is 0. The highest BCUT2D eigenvalue weighted by molar-refractivity contribution is 5.70. The van der Waals surface area contributed by atoms with Crippen molar-refractivity contribution in [1.29, 1.82) is 0 Å².